The Morgan fingerprint density at radius 2 is 1.65 bits per heavy atom. The van der Waals surface area contributed by atoms with Crippen molar-refractivity contribution in [3.05, 3.63) is 63.2 Å². The third-order valence-electron chi connectivity index (χ3n) is 3.60. The third kappa shape index (κ3) is 4.31. The van der Waals surface area contributed by atoms with Gasteiger partial charge in [0.1, 0.15) is 0 Å². The van der Waals surface area contributed by atoms with Crippen LogP contribution in [0.15, 0.2) is 48.5 Å². The summed E-state index contributed by atoms with van der Waals surface area (Å²) in [4.78, 5) is 26.2. The second kappa shape index (κ2) is 7.59. The first-order valence-corrected chi connectivity index (χ1v) is 8.41. The zero-order valence-corrected chi connectivity index (χ0v) is 15.5. The lowest BCUT2D eigenvalue weighted by molar-refractivity contribution is 0.0755. The predicted octanol–water partition coefficient (Wildman–Crippen LogP) is 4.02. The summed E-state index contributed by atoms with van der Waals surface area (Å²) in [7, 11) is 1.78. The van der Waals surface area contributed by atoms with E-state index >= 15 is 0 Å². The number of carbonyl (C=O) groups excluding carboxylic acids is 2. The fourth-order valence-corrected chi connectivity index (χ4v) is 2.61. The van der Waals surface area contributed by atoms with Crippen molar-refractivity contribution in [2.75, 3.05) is 12.4 Å². The Labute approximate surface area is 150 Å². The molecule has 0 aliphatic rings. The van der Waals surface area contributed by atoms with Crippen LogP contribution in [0.25, 0.3) is 0 Å². The average Bonchev–Trinajstić information content (AvgIpc) is 2.54. The van der Waals surface area contributed by atoms with E-state index in [0.717, 1.165) is 3.57 Å². The topological polar surface area (TPSA) is 49.4 Å². The third-order valence-corrected chi connectivity index (χ3v) is 4.54. The van der Waals surface area contributed by atoms with Gasteiger partial charge in [0.25, 0.3) is 11.8 Å². The minimum Gasteiger partial charge on any atom is -0.339 e. The standard InChI is InChI=1S/C18H19IN2O2/c1-12(2)21(3)18(23)13-8-10-14(11-9-13)20-17(22)15-6-4-5-7-16(15)19/h4-12H,1-3H3,(H,20,22). The van der Waals surface area contributed by atoms with Crippen LogP contribution in [-0.2, 0) is 0 Å². The van der Waals surface area contributed by atoms with Gasteiger partial charge in [-0.25, -0.2) is 0 Å². The first-order valence-electron chi connectivity index (χ1n) is 7.33. The van der Waals surface area contributed by atoms with E-state index < -0.39 is 0 Å². The van der Waals surface area contributed by atoms with Crippen LogP contribution in [0.2, 0.25) is 0 Å². The molecule has 2 aromatic rings. The van der Waals surface area contributed by atoms with Crippen LogP contribution in [0.3, 0.4) is 0 Å². The number of hydrogen-bond donors (Lipinski definition) is 1. The van der Waals surface area contributed by atoms with Gasteiger partial charge < -0.3 is 10.2 Å². The van der Waals surface area contributed by atoms with Crippen molar-refractivity contribution in [2.45, 2.75) is 19.9 Å². The summed E-state index contributed by atoms with van der Waals surface area (Å²) < 4.78 is 0.896. The number of nitrogens with zero attached hydrogens (tertiary/aromatic N) is 1. The van der Waals surface area contributed by atoms with E-state index in [0.29, 0.717) is 16.8 Å². The lowest BCUT2D eigenvalue weighted by Gasteiger charge is -2.21. The molecule has 0 heterocycles. The normalized spacial score (nSPS) is 10.5. The molecule has 0 fully saturated rings. The first kappa shape index (κ1) is 17.5. The largest absolute Gasteiger partial charge is 0.339 e. The molecule has 0 aliphatic heterocycles. The SMILES string of the molecule is CC(C)N(C)C(=O)c1ccc(NC(=O)c2ccccc2I)cc1. The molecule has 0 unspecified atom stereocenters. The lowest BCUT2D eigenvalue weighted by Crippen LogP contribution is -2.32. The maximum atomic E-state index is 12.3. The van der Waals surface area contributed by atoms with Crippen molar-refractivity contribution in [2.24, 2.45) is 0 Å². The second-order valence-electron chi connectivity index (χ2n) is 5.52. The van der Waals surface area contributed by atoms with Crippen molar-refractivity contribution in [3.8, 4) is 0 Å². The summed E-state index contributed by atoms with van der Waals surface area (Å²) in [5.74, 6) is -0.191. The molecule has 0 aliphatic carbocycles. The van der Waals surface area contributed by atoms with Gasteiger partial charge >= 0.3 is 0 Å². The molecule has 0 saturated carbocycles. The molecule has 0 atom stereocenters. The Kier molecular flexibility index (Phi) is 5.76. The van der Waals surface area contributed by atoms with E-state index in [-0.39, 0.29) is 17.9 Å². The van der Waals surface area contributed by atoms with Crippen LogP contribution < -0.4 is 5.32 Å². The van der Waals surface area contributed by atoms with Gasteiger partial charge in [-0.15, -0.1) is 0 Å². The van der Waals surface area contributed by atoms with Crippen LogP contribution in [0.4, 0.5) is 5.69 Å². The molecule has 120 valence electrons. The number of anilines is 1. The maximum Gasteiger partial charge on any atom is 0.256 e. The van der Waals surface area contributed by atoms with Gasteiger partial charge in [0.15, 0.2) is 0 Å². The summed E-state index contributed by atoms with van der Waals surface area (Å²) in [6.45, 7) is 3.93. The number of rotatable bonds is 4. The minimum absolute atomic E-state index is 0.0320. The number of carbonyl (C=O) groups is 2. The molecule has 2 amide bonds. The molecule has 0 bridgehead atoms. The van der Waals surface area contributed by atoms with Gasteiger partial charge in [-0.1, -0.05) is 12.1 Å². The monoisotopic (exact) mass is 422 g/mol. The summed E-state index contributed by atoms with van der Waals surface area (Å²) in [6.07, 6.45) is 0. The van der Waals surface area contributed by atoms with Gasteiger partial charge in [-0.3, -0.25) is 9.59 Å². The second-order valence-corrected chi connectivity index (χ2v) is 6.68. The number of amides is 2. The van der Waals surface area contributed by atoms with Crippen LogP contribution in [0.1, 0.15) is 34.6 Å². The van der Waals surface area contributed by atoms with Crippen molar-refractivity contribution in [1.29, 1.82) is 0 Å². The molecular formula is C18H19IN2O2. The highest BCUT2D eigenvalue weighted by molar-refractivity contribution is 14.1. The summed E-state index contributed by atoms with van der Waals surface area (Å²) >= 11 is 2.13. The van der Waals surface area contributed by atoms with Crippen LogP contribution in [0.5, 0.6) is 0 Å². The Morgan fingerprint density at radius 3 is 2.22 bits per heavy atom. The van der Waals surface area contributed by atoms with E-state index in [2.05, 4.69) is 27.9 Å². The fraction of sp³-hybridized carbons (Fsp3) is 0.222. The van der Waals surface area contributed by atoms with E-state index in [1.54, 1.807) is 42.3 Å². The molecule has 0 radical (unpaired) electrons. The highest BCUT2D eigenvalue weighted by Crippen LogP contribution is 2.16. The molecule has 23 heavy (non-hydrogen) atoms. The smallest absolute Gasteiger partial charge is 0.256 e. The van der Waals surface area contributed by atoms with Crippen LogP contribution in [0, 0.1) is 3.57 Å². The summed E-state index contributed by atoms with van der Waals surface area (Å²) in [5, 5.41) is 2.85. The van der Waals surface area contributed by atoms with Crippen LogP contribution >= 0.6 is 22.6 Å². The number of hydrogen-bond acceptors (Lipinski definition) is 2. The minimum atomic E-state index is -0.159. The van der Waals surface area contributed by atoms with Crippen molar-refractivity contribution >= 4 is 40.1 Å². The molecule has 2 aromatic carbocycles. The van der Waals surface area contributed by atoms with E-state index in [1.165, 1.54) is 0 Å². The highest BCUT2D eigenvalue weighted by atomic mass is 127. The zero-order chi connectivity index (χ0) is 17.0. The summed E-state index contributed by atoms with van der Waals surface area (Å²) in [5.41, 5.74) is 1.90. The Bertz CT molecular complexity index is 711. The predicted molar refractivity (Wildman–Crippen MR) is 101 cm³/mol. The molecule has 2 rings (SSSR count). The van der Waals surface area contributed by atoms with Gasteiger partial charge in [0, 0.05) is 27.9 Å². The van der Waals surface area contributed by atoms with Crippen molar-refractivity contribution in [1.82, 2.24) is 4.90 Å². The molecule has 0 aromatic heterocycles. The Balaban J connectivity index is 2.10. The molecule has 5 heteroatoms. The number of benzene rings is 2. The Hall–Kier alpha value is -1.89. The first-order chi connectivity index (χ1) is 10.9. The highest BCUT2D eigenvalue weighted by Gasteiger charge is 2.14. The van der Waals surface area contributed by atoms with Gasteiger partial charge in [0.2, 0.25) is 0 Å². The Morgan fingerprint density at radius 1 is 1.04 bits per heavy atom. The molecular weight excluding hydrogens is 403 g/mol. The van der Waals surface area contributed by atoms with Gasteiger partial charge in [-0.05, 0) is 72.8 Å². The number of nitrogens with one attached hydrogen (secondary N) is 1. The average molecular weight is 422 g/mol. The molecule has 0 spiro atoms. The number of halogens is 1. The van der Waals surface area contributed by atoms with Crippen molar-refractivity contribution < 1.29 is 9.59 Å². The fourth-order valence-electron chi connectivity index (χ4n) is 1.98. The van der Waals surface area contributed by atoms with Crippen LogP contribution in [-0.4, -0.2) is 29.8 Å². The van der Waals surface area contributed by atoms with E-state index in [1.807, 2.05) is 32.0 Å². The molecule has 0 saturated heterocycles. The molecule has 4 nitrogen and oxygen atoms in total. The van der Waals surface area contributed by atoms with Crippen molar-refractivity contribution in [3.63, 3.8) is 0 Å². The van der Waals surface area contributed by atoms with E-state index in [9.17, 15) is 9.59 Å². The summed E-state index contributed by atoms with van der Waals surface area (Å²) in [6, 6.07) is 14.5. The molecule has 1 N–H and O–H groups in total. The van der Waals surface area contributed by atoms with E-state index in [4.69, 9.17) is 0 Å². The lowest BCUT2D eigenvalue weighted by atomic mass is 10.1. The van der Waals surface area contributed by atoms with Gasteiger partial charge in [0.05, 0.1) is 5.56 Å². The van der Waals surface area contributed by atoms with Gasteiger partial charge in [-0.2, -0.15) is 0 Å². The maximum absolute atomic E-state index is 12.3. The quantitative estimate of drug-likeness (QED) is 0.757. The zero-order valence-electron chi connectivity index (χ0n) is 13.3.